The Morgan fingerprint density at radius 3 is 2.70 bits per heavy atom. The van der Waals surface area contributed by atoms with Crippen molar-refractivity contribution in [3.05, 3.63) is 95.0 Å². The average Bonchev–Trinajstić information content (AvgIpc) is 3.39. The van der Waals surface area contributed by atoms with Crippen LogP contribution >= 0.6 is 0 Å². The molecule has 5 aromatic rings. The number of hydrogen-bond donors (Lipinski definition) is 1. The van der Waals surface area contributed by atoms with Crippen molar-refractivity contribution >= 4 is 27.6 Å². The Kier molecular flexibility index (Phi) is 6.90. The minimum absolute atomic E-state index is 0.333. The van der Waals surface area contributed by atoms with Gasteiger partial charge in [-0.1, -0.05) is 60.7 Å². The van der Waals surface area contributed by atoms with Crippen molar-refractivity contribution in [2.45, 2.75) is 39.8 Å². The summed E-state index contributed by atoms with van der Waals surface area (Å²) >= 11 is 0. The fourth-order valence-electron chi connectivity index (χ4n) is 6.03. The van der Waals surface area contributed by atoms with Gasteiger partial charge in [0.1, 0.15) is 11.4 Å². The van der Waals surface area contributed by atoms with Gasteiger partial charge in [-0.25, -0.2) is 4.79 Å². The summed E-state index contributed by atoms with van der Waals surface area (Å²) in [7, 11) is 1.93. The average molecular weight is 536 g/mol. The topological polar surface area (TPSA) is 78.5 Å². The third-order valence-corrected chi connectivity index (χ3v) is 7.82. The van der Waals surface area contributed by atoms with E-state index in [0.717, 1.165) is 61.1 Å². The lowest BCUT2D eigenvalue weighted by molar-refractivity contribution is 0.0685. The zero-order valence-electron chi connectivity index (χ0n) is 23.1. The van der Waals surface area contributed by atoms with Crippen molar-refractivity contribution < 1.29 is 19.4 Å². The number of allylic oxidation sites excluding steroid dienone is 1. The van der Waals surface area contributed by atoms with Crippen LogP contribution in [0.15, 0.2) is 66.7 Å². The van der Waals surface area contributed by atoms with E-state index in [1.54, 1.807) is 0 Å². The van der Waals surface area contributed by atoms with Crippen LogP contribution in [-0.2, 0) is 31.4 Å². The van der Waals surface area contributed by atoms with Crippen LogP contribution in [-0.4, -0.2) is 38.6 Å². The number of nitrogens with zero attached hydrogens (tertiary/aromatic N) is 3. The van der Waals surface area contributed by atoms with Crippen molar-refractivity contribution in [1.29, 1.82) is 0 Å². The number of aromatic carboxylic acids is 1. The summed E-state index contributed by atoms with van der Waals surface area (Å²) in [6, 6.07) is 18.4. The lowest BCUT2D eigenvalue weighted by Gasteiger charge is -2.14. The maximum Gasteiger partial charge on any atom is 0.352 e. The largest absolute Gasteiger partial charge is 0.493 e. The number of aryl methyl sites for hydroxylation is 4. The Balaban J connectivity index is 1.43. The molecular weight excluding hydrogens is 502 g/mol. The zero-order chi connectivity index (χ0) is 27.8. The molecule has 7 heteroatoms. The minimum Gasteiger partial charge on any atom is -0.493 e. The van der Waals surface area contributed by atoms with Gasteiger partial charge in [0.25, 0.3) is 0 Å². The van der Waals surface area contributed by atoms with Crippen LogP contribution in [0.1, 0.15) is 39.4 Å². The van der Waals surface area contributed by atoms with Gasteiger partial charge < -0.3 is 19.1 Å². The van der Waals surface area contributed by atoms with Gasteiger partial charge in [0, 0.05) is 35.5 Å². The first-order valence-electron chi connectivity index (χ1n) is 13.7. The predicted molar refractivity (Wildman–Crippen MR) is 157 cm³/mol. The van der Waals surface area contributed by atoms with Gasteiger partial charge >= 0.3 is 5.97 Å². The van der Waals surface area contributed by atoms with Gasteiger partial charge in [0.05, 0.1) is 36.7 Å². The summed E-state index contributed by atoms with van der Waals surface area (Å²) in [4.78, 5) is 12.8. The molecule has 0 radical (unpaired) electrons. The number of hydrogen-bond acceptors (Lipinski definition) is 4. The lowest BCUT2D eigenvalue weighted by atomic mass is 9.94. The molecule has 7 nitrogen and oxygen atoms in total. The molecule has 0 amide bonds. The van der Waals surface area contributed by atoms with E-state index >= 15 is 0 Å². The van der Waals surface area contributed by atoms with Gasteiger partial charge in [0.15, 0.2) is 0 Å². The predicted octanol–water partition coefficient (Wildman–Crippen LogP) is 6.61. The molecule has 0 saturated heterocycles. The lowest BCUT2D eigenvalue weighted by Crippen LogP contribution is -2.11. The van der Waals surface area contributed by atoms with Crippen LogP contribution in [0.3, 0.4) is 0 Å². The molecule has 0 atom stereocenters. The Labute approximate surface area is 233 Å². The van der Waals surface area contributed by atoms with Crippen molar-refractivity contribution in [3.63, 3.8) is 0 Å². The Morgan fingerprint density at radius 1 is 1.02 bits per heavy atom. The van der Waals surface area contributed by atoms with Crippen LogP contribution in [0, 0.1) is 13.8 Å². The summed E-state index contributed by atoms with van der Waals surface area (Å²) in [6.07, 6.45) is 5.22. The third-order valence-electron chi connectivity index (χ3n) is 7.82. The van der Waals surface area contributed by atoms with Crippen molar-refractivity contribution in [2.24, 2.45) is 7.05 Å². The first-order chi connectivity index (χ1) is 19.5. The normalized spacial score (nSPS) is 14.2. The minimum atomic E-state index is -0.924. The SMILES string of the molecule is Cc1ccc2c(CCCOc3cccc4ccccc34)c(C(=O)O)n3c2c1-c1c(C)nn(C)c1COC/C=C\C3. The zero-order valence-corrected chi connectivity index (χ0v) is 23.1. The number of benzene rings is 3. The first kappa shape index (κ1) is 25.9. The number of ether oxygens (including phenoxy) is 2. The van der Waals surface area contributed by atoms with Crippen LogP contribution < -0.4 is 4.74 Å². The number of carbonyl (C=O) groups is 1. The van der Waals surface area contributed by atoms with Gasteiger partial charge in [-0.3, -0.25) is 4.68 Å². The standard InChI is InChI=1S/C33H33N3O4/c1-21-15-16-26-25(13-9-19-40-28-14-8-11-23-10-4-5-12-24(23)28)32(33(37)38)36-17-6-7-18-39-20-27-30(29(21)31(26)36)22(2)34-35(27)3/h4-8,10-12,14-16H,9,13,17-20H2,1-3H3,(H,37,38)/b7-6-. The Bertz CT molecular complexity index is 1770. The summed E-state index contributed by atoms with van der Waals surface area (Å²) < 4.78 is 16.0. The molecule has 3 heterocycles. The number of aromatic nitrogens is 3. The first-order valence-corrected chi connectivity index (χ1v) is 13.7. The van der Waals surface area contributed by atoms with E-state index in [-0.39, 0.29) is 0 Å². The van der Waals surface area contributed by atoms with Crippen molar-refractivity contribution in [2.75, 3.05) is 13.2 Å². The summed E-state index contributed by atoms with van der Waals surface area (Å²) in [5, 5.41) is 18.4. The molecular formula is C33H33N3O4. The molecule has 3 aromatic carbocycles. The molecule has 0 saturated carbocycles. The van der Waals surface area contributed by atoms with Crippen LogP contribution in [0.4, 0.5) is 0 Å². The highest BCUT2D eigenvalue weighted by Crippen LogP contribution is 2.40. The number of carboxylic acid groups (broad SMARTS) is 1. The molecule has 1 aliphatic heterocycles. The molecule has 40 heavy (non-hydrogen) atoms. The molecule has 0 bridgehead atoms. The highest BCUT2D eigenvalue weighted by molar-refractivity contribution is 6.05. The molecule has 0 fully saturated rings. The smallest absolute Gasteiger partial charge is 0.352 e. The van der Waals surface area contributed by atoms with Gasteiger partial charge in [0.2, 0.25) is 0 Å². The molecule has 2 aromatic heterocycles. The second-order valence-electron chi connectivity index (χ2n) is 10.3. The van der Waals surface area contributed by atoms with Crippen molar-refractivity contribution in [3.8, 4) is 16.9 Å². The van der Waals surface area contributed by atoms with E-state index in [2.05, 4.69) is 37.3 Å². The summed E-state index contributed by atoms with van der Waals surface area (Å²) in [6.45, 7) is 5.89. The molecule has 6 rings (SSSR count). The number of rotatable bonds is 6. The van der Waals surface area contributed by atoms with E-state index in [1.165, 1.54) is 0 Å². The second kappa shape index (κ2) is 10.7. The molecule has 0 aliphatic carbocycles. The van der Waals surface area contributed by atoms with Crippen molar-refractivity contribution in [1.82, 2.24) is 14.3 Å². The molecule has 1 aliphatic rings. The second-order valence-corrected chi connectivity index (χ2v) is 10.3. The quantitative estimate of drug-likeness (QED) is 0.196. The maximum atomic E-state index is 12.8. The summed E-state index contributed by atoms with van der Waals surface area (Å²) in [5.74, 6) is -0.0780. The van der Waals surface area contributed by atoms with E-state index in [4.69, 9.17) is 14.6 Å². The van der Waals surface area contributed by atoms with Gasteiger partial charge in [-0.2, -0.15) is 5.10 Å². The van der Waals surface area contributed by atoms with Gasteiger partial charge in [-0.15, -0.1) is 0 Å². The fraction of sp³-hybridized carbons (Fsp3) is 0.273. The molecule has 0 spiro atoms. The third kappa shape index (κ3) is 4.46. The van der Waals surface area contributed by atoms with E-state index in [1.807, 2.05) is 59.6 Å². The Morgan fingerprint density at radius 2 is 1.85 bits per heavy atom. The highest BCUT2D eigenvalue weighted by Gasteiger charge is 2.27. The number of carboxylic acids is 1. The van der Waals surface area contributed by atoms with Gasteiger partial charge in [-0.05, 0) is 49.3 Å². The Hall–Kier alpha value is -4.36. The monoisotopic (exact) mass is 535 g/mol. The summed E-state index contributed by atoms with van der Waals surface area (Å²) in [5.41, 5.74) is 7.12. The molecule has 204 valence electrons. The van der Waals surface area contributed by atoms with E-state index in [0.29, 0.717) is 44.9 Å². The van der Waals surface area contributed by atoms with Crippen LogP contribution in [0.25, 0.3) is 32.8 Å². The van der Waals surface area contributed by atoms with E-state index in [9.17, 15) is 9.90 Å². The maximum absolute atomic E-state index is 12.8. The molecule has 1 N–H and O–H groups in total. The number of fused-ring (bicyclic) bond motifs is 3. The highest BCUT2D eigenvalue weighted by atomic mass is 16.5. The van der Waals surface area contributed by atoms with Crippen LogP contribution in [0.5, 0.6) is 5.75 Å². The van der Waals surface area contributed by atoms with E-state index < -0.39 is 5.97 Å². The molecule has 0 unspecified atom stereocenters. The fourth-order valence-corrected chi connectivity index (χ4v) is 6.03. The van der Waals surface area contributed by atoms with Crippen LogP contribution in [0.2, 0.25) is 0 Å².